The molecule has 2 aromatic heterocycles. The Bertz CT molecular complexity index is 1060. The summed E-state index contributed by atoms with van der Waals surface area (Å²) in [6, 6.07) is 7.84. The lowest BCUT2D eigenvalue weighted by atomic mass is 10.1. The first-order valence-electron chi connectivity index (χ1n) is 9.87. The van der Waals surface area contributed by atoms with Gasteiger partial charge in [0.05, 0.1) is 12.0 Å². The minimum absolute atomic E-state index is 0.154. The number of nitrogens with zero attached hydrogens (tertiary/aromatic N) is 4. The molecule has 1 aliphatic carbocycles. The molecular weight excluding hydrogens is 354 g/mol. The van der Waals surface area contributed by atoms with Gasteiger partial charge in [-0.1, -0.05) is 43.4 Å². The smallest absolute Gasteiger partial charge is 0.279 e. The first kappa shape index (κ1) is 18.4. The topological polar surface area (TPSA) is 81.8 Å². The van der Waals surface area contributed by atoms with E-state index in [2.05, 4.69) is 15.4 Å². The van der Waals surface area contributed by atoms with Crippen LogP contribution in [0.4, 0.5) is 0 Å². The van der Waals surface area contributed by atoms with Crippen molar-refractivity contribution < 1.29 is 4.79 Å². The number of rotatable bonds is 3. The third-order valence-corrected chi connectivity index (χ3v) is 5.43. The number of amides is 1. The molecule has 0 aliphatic heterocycles. The van der Waals surface area contributed by atoms with E-state index < -0.39 is 0 Å². The molecule has 1 N–H and O–H groups in total. The molecular formula is C21H25N5O2. The Hall–Kier alpha value is -2.96. The van der Waals surface area contributed by atoms with E-state index in [4.69, 9.17) is 0 Å². The number of nitrogens with one attached hydrogen (secondary N) is 1. The van der Waals surface area contributed by atoms with Gasteiger partial charge in [0.15, 0.2) is 11.2 Å². The van der Waals surface area contributed by atoms with Crippen molar-refractivity contribution >= 4 is 16.9 Å². The molecule has 1 amide bonds. The van der Waals surface area contributed by atoms with E-state index in [0.29, 0.717) is 11.0 Å². The van der Waals surface area contributed by atoms with Gasteiger partial charge in [-0.2, -0.15) is 5.10 Å². The van der Waals surface area contributed by atoms with Crippen LogP contribution in [-0.2, 0) is 7.05 Å². The highest BCUT2D eigenvalue weighted by atomic mass is 16.2. The lowest BCUT2D eigenvalue weighted by Gasteiger charge is -2.15. The zero-order valence-corrected chi connectivity index (χ0v) is 16.3. The van der Waals surface area contributed by atoms with Crippen molar-refractivity contribution in [3.05, 3.63) is 52.2 Å². The number of fused-ring (bicyclic) bond motifs is 1. The van der Waals surface area contributed by atoms with Gasteiger partial charge in [0.2, 0.25) is 0 Å². The van der Waals surface area contributed by atoms with Gasteiger partial charge in [-0.25, -0.2) is 9.67 Å². The van der Waals surface area contributed by atoms with Crippen molar-refractivity contribution in [1.29, 1.82) is 0 Å². The average Bonchev–Trinajstić information content (AvgIpc) is 2.89. The van der Waals surface area contributed by atoms with Gasteiger partial charge in [0, 0.05) is 13.1 Å². The Labute approximate surface area is 163 Å². The number of hydrogen-bond donors (Lipinski definition) is 1. The molecule has 1 saturated carbocycles. The summed E-state index contributed by atoms with van der Waals surface area (Å²) in [6.07, 6.45) is 8.10. The molecule has 146 valence electrons. The third-order valence-electron chi connectivity index (χ3n) is 5.43. The minimum atomic E-state index is -0.261. The molecule has 0 radical (unpaired) electrons. The maximum atomic E-state index is 13.0. The van der Waals surface area contributed by atoms with Gasteiger partial charge < -0.3 is 9.88 Å². The fourth-order valence-electron chi connectivity index (χ4n) is 3.79. The Balaban J connectivity index is 1.78. The van der Waals surface area contributed by atoms with Crippen molar-refractivity contribution in [2.24, 2.45) is 7.05 Å². The van der Waals surface area contributed by atoms with Crippen LogP contribution in [0.25, 0.3) is 16.7 Å². The standard InChI is InChI=1S/C21H25N5O2/c1-14-9-11-16(12-10-14)26-19-17(22-13-25(2)21(19)28)18(24-26)20(27)23-15-7-5-3-4-6-8-15/h9-13,15H,3-8H2,1-2H3,(H,23,27). The van der Waals surface area contributed by atoms with E-state index in [9.17, 15) is 9.59 Å². The number of carbonyl (C=O) groups is 1. The maximum Gasteiger partial charge on any atom is 0.279 e. The molecule has 1 aliphatic rings. The first-order chi connectivity index (χ1) is 13.5. The fraction of sp³-hybridized carbons (Fsp3) is 0.429. The Kier molecular flexibility index (Phi) is 4.98. The maximum absolute atomic E-state index is 13.0. The van der Waals surface area contributed by atoms with Gasteiger partial charge in [-0.15, -0.1) is 0 Å². The molecule has 0 atom stereocenters. The lowest BCUT2D eigenvalue weighted by Crippen LogP contribution is -2.34. The lowest BCUT2D eigenvalue weighted by molar-refractivity contribution is 0.0929. The highest BCUT2D eigenvalue weighted by molar-refractivity contribution is 6.03. The summed E-state index contributed by atoms with van der Waals surface area (Å²) >= 11 is 0. The van der Waals surface area contributed by atoms with E-state index in [1.807, 2.05) is 31.2 Å². The summed E-state index contributed by atoms with van der Waals surface area (Å²) in [5.41, 5.74) is 2.48. The van der Waals surface area contributed by atoms with Crippen molar-refractivity contribution in [2.75, 3.05) is 0 Å². The van der Waals surface area contributed by atoms with Gasteiger partial charge in [-0.3, -0.25) is 9.59 Å². The SMILES string of the molecule is Cc1ccc(-n2nc(C(=O)NC3CCCCCC3)c3ncn(C)c(=O)c32)cc1. The van der Waals surface area contributed by atoms with Crippen LogP contribution in [0.1, 0.15) is 54.6 Å². The van der Waals surface area contributed by atoms with Gasteiger partial charge in [-0.05, 0) is 31.9 Å². The van der Waals surface area contributed by atoms with Gasteiger partial charge >= 0.3 is 0 Å². The summed E-state index contributed by atoms with van der Waals surface area (Å²) in [7, 11) is 1.65. The number of hydrogen-bond acceptors (Lipinski definition) is 4. The van der Waals surface area contributed by atoms with Crippen LogP contribution in [0, 0.1) is 6.92 Å². The number of carbonyl (C=O) groups excluding carboxylic acids is 1. The van der Waals surface area contributed by atoms with E-state index in [0.717, 1.165) is 36.9 Å². The monoisotopic (exact) mass is 379 g/mol. The van der Waals surface area contributed by atoms with Crippen molar-refractivity contribution in [2.45, 2.75) is 51.5 Å². The van der Waals surface area contributed by atoms with Crippen LogP contribution in [-0.4, -0.2) is 31.3 Å². The van der Waals surface area contributed by atoms with Crippen LogP contribution in [0.5, 0.6) is 0 Å². The number of aromatic nitrogens is 4. The molecule has 28 heavy (non-hydrogen) atoms. The summed E-state index contributed by atoms with van der Waals surface area (Å²) in [4.78, 5) is 30.1. The zero-order valence-electron chi connectivity index (χ0n) is 16.3. The van der Waals surface area contributed by atoms with Crippen molar-refractivity contribution in [1.82, 2.24) is 24.6 Å². The van der Waals surface area contributed by atoms with Crippen molar-refractivity contribution in [3.63, 3.8) is 0 Å². The molecule has 0 unspecified atom stereocenters. The van der Waals surface area contributed by atoms with E-state index in [1.54, 1.807) is 7.05 Å². The average molecular weight is 379 g/mol. The molecule has 4 rings (SSSR count). The summed E-state index contributed by atoms with van der Waals surface area (Å²) in [5.74, 6) is -0.261. The summed E-state index contributed by atoms with van der Waals surface area (Å²) < 4.78 is 2.94. The predicted octanol–water partition coefficient (Wildman–Crippen LogP) is 2.88. The van der Waals surface area contributed by atoms with Crippen LogP contribution in [0.3, 0.4) is 0 Å². The summed E-state index contributed by atoms with van der Waals surface area (Å²) in [6.45, 7) is 2.00. The van der Waals surface area contributed by atoms with E-state index in [1.165, 1.54) is 28.4 Å². The molecule has 2 heterocycles. The summed E-state index contributed by atoms with van der Waals surface area (Å²) in [5, 5.41) is 7.62. The van der Waals surface area contributed by atoms with Crippen LogP contribution >= 0.6 is 0 Å². The molecule has 0 spiro atoms. The normalized spacial score (nSPS) is 15.5. The van der Waals surface area contributed by atoms with Crippen LogP contribution < -0.4 is 10.9 Å². The molecule has 0 bridgehead atoms. The third kappa shape index (κ3) is 3.44. The first-order valence-corrected chi connectivity index (χ1v) is 9.87. The fourth-order valence-corrected chi connectivity index (χ4v) is 3.79. The predicted molar refractivity (Wildman–Crippen MR) is 108 cm³/mol. The van der Waals surface area contributed by atoms with E-state index >= 15 is 0 Å². The Morgan fingerprint density at radius 2 is 1.79 bits per heavy atom. The largest absolute Gasteiger partial charge is 0.348 e. The molecule has 1 aromatic carbocycles. The second-order valence-corrected chi connectivity index (χ2v) is 7.62. The van der Waals surface area contributed by atoms with Crippen LogP contribution in [0.15, 0.2) is 35.4 Å². The highest BCUT2D eigenvalue weighted by Crippen LogP contribution is 2.20. The Morgan fingerprint density at radius 1 is 1.11 bits per heavy atom. The highest BCUT2D eigenvalue weighted by Gasteiger charge is 2.24. The molecule has 7 heteroatoms. The Morgan fingerprint density at radius 3 is 2.46 bits per heavy atom. The van der Waals surface area contributed by atoms with Crippen molar-refractivity contribution in [3.8, 4) is 5.69 Å². The quantitative estimate of drug-likeness (QED) is 0.710. The number of benzene rings is 1. The molecule has 0 saturated heterocycles. The molecule has 1 fully saturated rings. The van der Waals surface area contributed by atoms with Crippen LogP contribution in [0.2, 0.25) is 0 Å². The van der Waals surface area contributed by atoms with Gasteiger partial charge in [0.1, 0.15) is 5.52 Å². The van der Waals surface area contributed by atoms with Gasteiger partial charge in [0.25, 0.3) is 11.5 Å². The molecule has 7 nitrogen and oxygen atoms in total. The minimum Gasteiger partial charge on any atom is -0.348 e. The molecule has 3 aromatic rings. The number of aryl methyl sites for hydroxylation is 2. The second kappa shape index (κ2) is 7.58. The zero-order chi connectivity index (χ0) is 19.7. The van der Waals surface area contributed by atoms with E-state index in [-0.39, 0.29) is 23.2 Å². The second-order valence-electron chi connectivity index (χ2n) is 7.62.